The predicted octanol–water partition coefficient (Wildman–Crippen LogP) is 3.16. The Labute approximate surface area is 127 Å². The molecule has 1 saturated heterocycles. The molecule has 2 aromatic rings. The Kier molecular flexibility index (Phi) is 4.73. The number of furan rings is 1. The molecule has 1 fully saturated rings. The van der Waals surface area contributed by atoms with Crippen LogP contribution in [0.3, 0.4) is 0 Å². The monoisotopic (exact) mass is 284 g/mol. The third-order valence-corrected chi connectivity index (χ3v) is 4.26. The van der Waals surface area contributed by atoms with Crippen molar-refractivity contribution in [1.29, 1.82) is 0 Å². The zero-order chi connectivity index (χ0) is 14.5. The lowest BCUT2D eigenvalue weighted by Crippen LogP contribution is -2.45. The van der Waals surface area contributed by atoms with Gasteiger partial charge in [0.25, 0.3) is 0 Å². The highest BCUT2D eigenvalue weighted by atomic mass is 16.3. The summed E-state index contributed by atoms with van der Waals surface area (Å²) in [5.74, 6) is 1.07. The molecule has 0 saturated carbocycles. The summed E-state index contributed by atoms with van der Waals surface area (Å²) in [7, 11) is 0. The van der Waals surface area contributed by atoms with E-state index in [1.165, 1.54) is 11.1 Å². The smallest absolute Gasteiger partial charge is 0.117 e. The summed E-state index contributed by atoms with van der Waals surface area (Å²) >= 11 is 0. The summed E-state index contributed by atoms with van der Waals surface area (Å²) in [6.07, 6.45) is 2.87. The van der Waals surface area contributed by atoms with Crippen LogP contribution < -0.4 is 0 Å². The highest BCUT2D eigenvalue weighted by molar-refractivity contribution is 5.22. The molecule has 1 aromatic carbocycles. The fourth-order valence-electron chi connectivity index (χ4n) is 2.87. The van der Waals surface area contributed by atoms with Crippen molar-refractivity contribution >= 4 is 0 Å². The lowest BCUT2D eigenvalue weighted by Gasteiger charge is -2.34. The van der Waals surface area contributed by atoms with Gasteiger partial charge < -0.3 is 4.42 Å². The van der Waals surface area contributed by atoms with Crippen molar-refractivity contribution in [3.05, 3.63) is 59.5 Å². The van der Waals surface area contributed by atoms with Crippen molar-refractivity contribution in [1.82, 2.24) is 9.80 Å². The molecule has 21 heavy (non-hydrogen) atoms. The van der Waals surface area contributed by atoms with E-state index in [0.29, 0.717) is 0 Å². The molecule has 1 aromatic heterocycles. The van der Waals surface area contributed by atoms with E-state index in [1.807, 2.05) is 6.07 Å². The van der Waals surface area contributed by atoms with Gasteiger partial charge in [-0.25, -0.2) is 0 Å². The molecular formula is C18H24N2O. The minimum Gasteiger partial charge on any atom is -0.468 e. The third-order valence-electron chi connectivity index (χ3n) is 4.26. The van der Waals surface area contributed by atoms with Gasteiger partial charge in [-0.15, -0.1) is 0 Å². The molecule has 1 aliphatic heterocycles. The Morgan fingerprint density at radius 1 is 0.857 bits per heavy atom. The maximum Gasteiger partial charge on any atom is 0.117 e. The minimum atomic E-state index is 0.937. The van der Waals surface area contributed by atoms with Gasteiger partial charge >= 0.3 is 0 Å². The summed E-state index contributed by atoms with van der Waals surface area (Å²) in [4.78, 5) is 5.01. The quantitative estimate of drug-likeness (QED) is 0.841. The van der Waals surface area contributed by atoms with Crippen LogP contribution in [0.25, 0.3) is 0 Å². The van der Waals surface area contributed by atoms with E-state index in [2.05, 4.69) is 47.1 Å². The van der Waals surface area contributed by atoms with E-state index in [-0.39, 0.29) is 0 Å². The van der Waals surface area contributed by atoms with E-state index in [1.54, 1.807) is 6.26 Å². The fraction of sp³-hybridized carbons (Fsp3) is 0.444. The number of aryl methyl sites for hydroxylation is 1. The van der Waals surface area contributed by atoms with Gasteiger partial charge in [-0.3, -0.25) is 9.80 Å². The Bertz CT molecular complexity index is 525. The molecule has 112 valence electrons. The molecule has 0 atom stereocenters. The van der Waals surface area contributed by atoms with Crippen LogP contribution in [0.5, 0.6) is 0 Å². The van der Waals surface area contributed by atoms with Crippen molar-refractivity contribution in [2.75, 3.05) is 26.2 Å². The zero-order valence-electron chi connectivity index (χ0n) is 12.8. The third kappa shape index (κ3) is 3.96. The Morgan fingerprint density at radius 3 is 2.05 bits per heavy atom. The van der Waals surface area contributed by atoms with Crippen LogP contribution in [-0.2, 0) is 19.5 Å². The summed E-state index contributed by atoms with van der Waals surface area (Å²) in [5.41, 5.74) is 2.84. The summed E-state index contributed by atoms with van der Waals surface area (Å²) in [6, 6.07) is 13.1. The Hall–Kier alpha value is -1.58. The maximum atomic E-state index is 5.43. The van der Waals surface area contributed by atoms with Crippen LogP contribution in [0.2, 0.25) is 0 Å². The highest BCUT2D eigenvalue weighted by Crippen LogP contribution is 2.12. The minimum absolute atomic E-state index is 0.937. The van der Waals surface area contributed by atoms with Gasteiger partial charge in [0.1, 0.15) is 5.76 Å². The fourth-order valence-corrected chi connectivity index (χ4v) is 2.87. The van der Waals surface area contributed by atoms with Crippen LogP contribution >= 0.6 is 0 Å². The van der Waals surface area contributed by atoms with Gasteiger partial charge in [-0.05, 0) is 29.7 Å². The number of nitrogens with zero attached hydrogens (tertiary/aromatic N) is 2. The second kappa shape index (κ2) is 6.92. The topological polar surface area (TPSA) is 19.6 Å². The number of rotatable bonds is 5. The number of hydrogen-bond acceptors (Lipinski definition) is 3. The van der Waals surface area contributed by atoms with Crippen molar-refractivity contribution in [3.8, 4) is 0 Å². The first-order valence-electron chi connectivity index (χ1n) is 7.88. The lowest BCUT2D eigenvalue weighted by molar-refractivity contribution is 0.116. The standard InChI is InChI=1S/C18H24N2O/c1-2-16-5-7-17(8-6-16)14-19-9-11-20(12-10-19)15-18-4-3-13-21-18/h3-8,13H,2,9-12,14-15H2,1H3. The first kappa shape index (κ1) is 14.4. The van der Waals surface area contributed by atoms with Crippen molar-refractivity contribution in [3.63, 3.8) is 0 Å². The molecule has 3 nitrogen and oxygen atoms in total. The van der Waals surface area contributed by atoms with Crippen molar-refractivity contribution in [2.45, 2.75) is 26.4 Å². The molecule has 3 rings (SSSR count). The normalized spacial score (nSPS) is 17.2. The van der Waals surface area contributed by atoms with E-state index in [9.17, 15) is 0 Å². The second-order valence-electron chi connectivity index (χ2n) is 5.80. The Balaban J connectivity index is 1.46. The van der Waals surface area contributed by atoms with Gasteiger partial charge in [0.2, 0.25) is 0 Å². The van der Waals surface area contributed by atoms with Gasteiger partial charge in [-0.1, -0.05) is 31.2 Å². The van der Waals surface area contributed by atoms with E-state index in [4.69, 9.17) is 4.42 Å². The van der Waals surface area contributed by atoms with Crippen molar-refractivity contribution in [2.24, 2.45) is 0 Å². The SMILES string of the molecule is CCc1ccc(CN2CCN(Cc3ccco3)CC2)cc1. The largest absolute Gasteiger partial charge is 0.468 e. The Morgan fingerprint density at radius 2 is 1.48 bits per heavy atom. The molecule has 3 heteroatoms. The van der Waals surface area contributed by atoms with Crippen LogP contribution in [0.15, 0.2) is 47.1 Å². The molecule has 0 spiro atoms. The number of hydrogen-bond donors (Lipinski definition) is 0. The van der Waals surface area contributed by atoms with Crippen LogP contribution in [0, 0.1) is 0 Å². The second-order valence-corrected chi connectivity index (χ2v) is 5.80. The predicted molar refractivity (Wildman–Crippen MR) is 85.1 cm³/mol. The number of piperazine rings is 1. The molecule has 1 aliphatic rings. The lowest BCUT2D eigenvalue weighted by atomic mass is 10.1. The summed E-state index contributed by atoms with van der Waals surface area (Å²) in [5, 5.41) is 0. The number of benzene rings is 1. The molecule has 0 radical (unpaired) electrons. The van der Waals surface area contributed by atoms with Gasteiger partial charge in [0.05, 0.1) is 12.8 Å². The van der Waals surface area contributed by atoms with Crippen LogP contribution in [0.1, 0.15) is 23.8 Å². The van der Waals surface area contributed by atoms with E-state index < -0.39 is 0 Å². The molecule has 0 unspecified atom stereocenters. The van der Waals surface area contributed by atoms with Crippen LogP contribution in [0.4, 0.5) is 0 Å². The average Bonchev–Trinajstić information content (AvgIpc) is 3.03. The summed E-state index contributed by atoms with van der Waals surface area (Å²) < 4.78 is 5.43. The maximum absolute atomic E-state index is 5.43. The molecule has 2 heterocycles. The molecule has 0 bridgehead atoms. The summed E-state index contributed by atoms with van der Waals surface area (Å²) in [6.45, 7) is 8.71. The van der Waals surface area contributed by atoms with Gasteiger partial charge in [0, 0.05) is 32.7 Å². The molecule has 0 amide bonds. The van der Waals surface area contributed by atoms with Crippen molar-refractivity contribution < 1.29 is 4.42 Å². The van der Waals surface area contributed by atoms with Gasteiger partial charge in [0.15, 0.2) is 0 Å². The average molecular weight is 284 g/mol. The van der Waals surface area contributed by atoms with Crippen LogP contribution in [-0.4, -0.2) is 36.0 Å². The molecular weight excluding hydrogens is 260 g/mol. The van der Waals surface area contributed by atoms with E-state index in [0.717, 1.165) is 51.4 Å². The highest BCUT2D eigenvalue weighted by Gasteiger charge is 2.17. The first-order chi connectivity index (χ1) is 10.3. The first-order valence-corrected chi connectivity index (χ1v) is 7.88. The zero-order valence-corrected chi connectivity index (χ0v) is 12.8. The molecule has 0 N–H and O–H groups in total. The van der Waals surface area contributed by atoms with E-state index >= 15 is 0 Å². The molecule has 0 aliphatic carbocycles. The van der Waals surface area contributed by atoms with Gasteiger partial charge in [-0.2, -0.15) is 0 Å².